The van der Waals surface area contributed by atoms with Gasteiger partial charge in [0.2, 0.25) is 0 Å². The SMILES string of the molecule is CCCN(Cc1cn(Cc2ccc(C#N)cc2)nn1)CC(O)(Cn1cncn1)c1ccc(F)cc1F. The van der Waals surface area contributed by atoms with E-state index in [1.807, 2.05) is 30.2 Å². The molecule has 2 heterocycles. The van der Waals surface area contributed by atoms with Gasteiger partial charge in [-0.15, -0.1) is 5.10 Å². The Morgan fingerprint density at radius 2 is 1.94 bits per heavy atom. The van der Waals surface area contributed by atoms with Crippen molar-refractivity contribution in [3.63, 3.8) is 0 Å². The number of nitrogens with zero attached hydrogens (tertiary/aromatic N) is 8. The number of aromatic nitrogens is 6. The van der Waals surface area contributed by atoms with Gasteiger partial charge in [-0.05, 0) is 36.7 Å². The van der Waals surface area contributed by atoms with Gasteiger partial charge in [-0.1, -0.05) is 30.3 Å². The third kappa shape index (κ3) is 6.16. The summed E-state index contributed by atoms with van der Waals surface area (Å²) >= 11 is 0. The highest BCUT2D eigenvalue weighted by Gasteiger charge is 2.35. The van der Waals surface area contributed by atoms with Crippen LogP contribution in [0.3, 0.4) is 0 Å². The Hall–Kier alpha value is -4.01. The van der Waals surface area contributed by atoms with Crippen LogP contribution in [-0.2, 0) is 25.2 Å². The van der Waals surface area contributed by atoms with Crippen molar-refractivity contribution in [1.82, 2.24) is 34.7 Å². The average Bonchev–Trinajstić information content (AvgIpc) is 3.51. The molecule has 186 valence electrons. The minimum Gasteiger partial charge on any atom is -0.382 e. The highest BCUT2D eigenvalue weighted by molar-refractivity contribution is 5.31. The number of hydrogen-bond acceptors (Lipinski definition) is 7. The molecule has 0 saturated heterocycles. The van der Waals surface area contributed by atoms with Crippen molar-refractivity contribution in [2.45, 2.75) is 38.6 Å². The summed E-state index contributed by atoms with van der Waals surface area (Å²) in [4.78, 5) is 5.86. The van der Waals surface area contributed by atoms with E-state index in [9.17, 15) is 13.9 Å². The normalized spacial score (nSPS) is 13.0. The zero-order valence-electron chi connectivity index (χ0n) is 19.8. The van der Waals surface area contributed by atoms with Crippen molar-refractivity contribution in [3.05, 3.63) is 95.3 Å². The van der Waals surface area contributed by atoms with E-state index in [-0.39, 0.29) is 18.7 Å². The fraction of sp³-hybridized carbons (Fsp3) is 0.320. The Balaban J connectivity index is 1.53. The molecule has 36 heavy (non-hydrogen) atoms. The maximum absolute atomic E-state index is 14.8. The lowest BCUT2D eigenvalue weighted by atomic mass is 9.92. The van der Waals surface area contributed by atoms with Gasteiger partial charge >= 0.3 is 0 Å². The molecule has 0 aliphatic carbocycles. The fourth-order valence-electron chi connectivity index (χ4n) is 4.16. The first kappa shape index (κ1) is 25.1. The maximum atomic E-state index is 14.8. The van der Waals surface area contributed by atoms with Crippen LogP contribution in [0.4, 0.5) is 8.78 Å². The molecule has 0 bridgehead atoms. The summed E-state index contributed by atoms with van der Waals surface area (Å²) in [5.74, 6) is -1.55. The second-order valence-corrected chi connectivity index (χ2v) is 8.68. The highest BCUT2D eigenvalue weighted by Crippen LogP contribution is 2.28. The highest BCUT2D eigenvalue weighted by atomic mass is 19.1. The van der Waals surface area contributed by atoms with Crippen molar-refractivity contribution < 1.29 is 13.9 Å². The molecule has 0 amide bonds. The van der Waals surface area contributed by atoms with Crippen LogP contribution in [-0.4, -0.2) is 52.9 Å². The van der Waals surface area contributed by atoms with Crippen molar-refractivity contribution in [1.29, 1.82) is 5.26 Å². The van der Waals surface area contributed by atoms with Crippen LogP contribution in [0.2, 0.25) is 0 Å². The van der Waals surface area contributed by atoms with Gasteiger partial charge in [0.1, 0.15) is 29.9 Å². The van der Waals surface area contributed by atoms with E-state index in [0.29, 0.717) is 30.9 Å². The minimum absolute atomic E-state index is 0.0232. The van der Waals surface area contributed by atoms with Gasteiger partial charge in [0.15, 0.2) is 0 Å². The van der Waals surface area contributed by atoms with E-state index in [1.165, 1.54) is 23.4 Å². The van der Waals surface area contributed by atoms with Crippen LogP contribution in [0.25, 0.3) is 0 Å². The van der Waals surface area contributed by atoms with Crippen LogP contribution in [0, 0.1) is 23.0 Å². The number of benzene rings is 2. The van der Waals surface area contributed by atoms with Crippen molar-refractivity contribution in [2.75, 3.05) is 13.1 Å². The summed E-state index contributed by atoms with van der Waals surface area (Å²) in [6.07, 6.45) is 5.36. The van der Waals surface area contributed by atoms with Gasteiger partial charge in [-0.2, -0.15) is 10.4 Å². The number of rotatable bonds is 11. The van der Waals surface area contributed by atoms with E-state index in [2.05, 4.69) is 26.5 Å². The molecule has 0 saturated carbocycles. The molecule has 9 nitrogen and oxygen atoms in total. The quantitative estimate of drug-likeness (QED) is 0.343. The molecule has 4 aromatic rings. The largest absolute Gasteiger partial charge is 0.382 e. The average molecular weight is 493 g/mol. The predicted octanol–water partition coefficient (Wildman–Crippen LogP) is 2.87. The van der Waals surface area contributed by atoms with Gasteiger partial charge in [0, 0.05) is 24.7 Å². The second-order valence-electron chi connectivity index (χ2n) is 8.68. The molecule has 11 heteroatoms. The summed E-state index contributed by atoms with van der Waals surface area (Å²) in [6, 6.07) is 12.5. The van der Waals surface area contributed by atoms with E-state index in [4.69, 9.17) is 5.26 Å². The van der Waals surface area contributed by atoms with Crippen LogP contribution < -0.4 is 0 Å². The first-order valence-corrected chi connectivity index (χ1v) is 11.5. The first-order chi connectivity index (χ1) is 17.4. The van der Waals surface area contributed by atoms with Crippen LogP contribution in [0.5, 0.6) is 0 Å². The number of halogens is 2. The molecule has 0 aliphatic rings. The van der Waals surface area contributed by atoms with E-state index < -0.39 is 17.2 Å². The Labute approximate surface area is 207 Å². The molecule has 0 aliphatic heterocycles. The van der Waals surface area contributed by atoms with Gasteiger partial charge in [0.25, 0.3) is 0 Å². The summed E-state index contributed by atoms with van der Waals surface area (Å²) in [6.45, 7) is 3.44. The van der Waals surface area contributed by atoms with E-state index in [1.54, 1.807) is 16.8 Å². The van der Waals surface area contributed by atoms with Crippen molar-refractivity contribution >= 4 is 0 Å². The molecule has 0 radical (unpaired) electrons. The summed E-state index contributed by atoms with van der Waals surface area (Å²) < 4.78 is 31.5. The topological polar surface area (TPSA) is 109 Å². The lowest BCUT2D eigenvalue weighted by Crippen LogP contribution is -2.44. The van der Waals surface area contributed by atoms with Gasteiger partial charge < -0.3 is 5.11 Å². The molecule has 1 unspecified atom stereocenters. The third-order valence-electron chi connectivity index (χ3n) is 5.75. The number of aliphatic hydroxyl groups is 1. The Morgan fingerprint density at radius 3 is 2.61 bits per heavy atom. The number of hydrogen-bond donors (Lipinski definition) is 1. The molecule has 2 aromatic heterocycles. The van der Waals surface area contributed by atoms with E-state index in [0.717, 1.165) is 24.1 Å². The molecule has 0 spiro atoms. The lowest BCUT2D eigenvalue weighted by Gasteiger charge is -2.34. The van der Waals surface area contributed by atoms with Crippen LogP contribution >= 0.6 is 0 Å². The second kappa shape index (κ2) is 11.2. The monoisotopic (exact) mass is 492 g/mol. The maximum Gasteiger partial charge on any atom is 0.137 e. The Morgan fingerprint density at radius 1 is 1.14 bits per heavy atom. The minimum atomic E-state index is -1.71. The zero-order valence-corrected chi connectivity index (χ0v) is 19.8. The summed E-state index contributed by atoms with van der Waals surface area (Å²) in [5.41, 5.74) is 0.512. The molecule has 1 N–H and O–H groups in total. The molecule has 1 atom stereocenters. The third-order valence-corrected chi connectivity index (χ3v) is 5.75. The van der Waals surface area contributed by atoms with Crippen LogP contribution in [0.1, 0.15) is 35.7 Å². The van der Waals surface area contributed by atoms with Crippen molar-refractivity contribution in [3.8, 4) is 6.07 Å². The standard InChI is InChI=1S/C25H26F2N8O/c1-2-9-33(13-22-14-34(32-31-22)12-20-5-3-19(11-28)4-6-20)15-25(36,16-35-18-29-17-30-35)23-8-7-21(26)10-24(23)27/h3-8,10,14,17-18,36H,2,9,12-13,15-16H2,1H3. The zero-order chi connectivity index (χ0) is 25.5. The Bertz CT molecular complexity index is 1320. The van der Waals surface area contributed by atoms with Gasteiger partial charge in [-0.3, -0.25) is 4.90 Å². The summed E-state index contributed by atoms with van der Waals surface area (Å²) in [7, 11) is 0. The molecular weight excluding hydrogens is 466 g/mol. The van der Waals surface area contributed by atoms with Gasteiger partial charge in [0.05, 0.1) is 36.6 Å². The molecule has 2 aromatic carbocycles. The smallest absolute Gasteiger partial charge is 0.137 e. The summed E-state index contributed by atoms with van der Waals surface area (Å²) in [5, 5.41) is 33.2. The first-order valence-electron chi connectivity index (χ1n) is 11.5. The van der Waals surface area contributed by atoms with Gasteiger partial charge in [-0.25, -0.2) is 23.1 Å². The molecule has 0 fully saturated rings. The molecular formula is C25H26F2N8O. The van der Waals surface area contributed by atoms with Crippen molar-refractivity contribution in [2.24, 2.45) is 0 Å². The molecule has 4 rings (SSSR count). The van der Waals surface area contributed by atoms with E-state index >= 15 is 0 Å². The fourth-order valence-corrected chi connectivity index (χ4v) is 4.16. The van der Waals surface area contributed by atoms with Crippen LogP contribution in [0.15, 0.2) is 61.3 Å². The predicted molar refractivity (Wildman–Crippen MR) is 126 cm³/mol. The lowest BCUT2D eigenvalue weighted by molar-refractivity contribution is -0.0239. The Kier molecular flexibility index (Phi) is 7.77. The number of nitriles is 1.